The summed E-state index contributed by atoms with van der Waals surface area (Å²) in [6, 6.07) is 16.9. The van der Waals surface area contributed by atoms with Crippen LogP contribution in [0.25, 0.3) is 0 Å². The molecule has 1 saturated heterocycles. The van der Waals surface area contributed by atoms with Crippen molar-refractivity contribution in [3.05, 3.63) is 65.2 Å². The van der Waals surface area contributed by atoms with Gasteiger partial charge in [0.15, 0.2) is 0 Å². The van der Waals surface area contributed by atoms with E-state index in [1.807, 2.05) is 41.3 Å². The number of methoxy groups -OCH3 is 1. The molecule has 30 heavy (non-hydrogen) atoms. The summed E-state index contributed by atoms with van der Waals surface area (Å²) in [6.07, 6.45) is 0. The van der Waals surface area contributed by atoms with Crippen molar-refractivity contribution < 1.29 is 14.3 Å². The molecule has 1 N–H and O–H groups in total. The SMILES string of the molecule is COc1ccc(C(C#N)N2CCN(C(=O)c3ccc(CNC(C)=O)cc3)CC2)cc1. The first kappa shape index (κ1) is 21.3. The van der Waals surface area contributed by atoms with Gasteiger partial charge in [-0.2, -0.15) is 5.26 Å². The molecule has 1 aliphatic heterocycles. The minimum Gasteiger partial charge on any atom is -0.497 e. The van der Waals surface area contributed by atoms with Crippen LogP contribution >= 0.6 is 0 Å². The molecule has 3 rings (SSSR count). The lowest BCUT2D eigenvalue weighted by molar-refractivity contribution is -0.119. The Morgan fingerprint density at radius 3 is 2.23 bits per heavy atom. The standard InChI is InChI=1S/C23H26N4O3/c1-17(28)25-16-18-3-5-20(6-4-18)23(29)27-13-11-26(12-14-27)22(15-24)19-7-9-21(30-2)10-8-19/h3-10,22H,11-14,16H2,1-2H3,(H,25,28). The van der Waals surface area contributed by atoms with E-state index in [2.05, 4.69) is 16.3 Å². The van der Waals surface area contributed by atoms with Crippen molar-refractivity contribution in [2.75, 3.05) is 33.3 Å². The van der Waals surface area contributed by atoms with Crippen LogP contribution in [-0.2, 0) is 11.3 Å². The first-order valence-corrected chi connectivity index (χ1v) is 9.92. The van der Waals surface area contributed by atoms with Crippen molar-refractivity contribution in [1.82, 2.24) is 15.1 Å². The molecule has 0 spiro atoms. The Balaban J connectivity index is 1.58. The summed E-state index contributed by atoms with van der Waals surface area (Å²) in [6.45, 7) is 4.33. The second-order valence-electron chi connectivity index (χ2n) is 7.24. The molecule has 0 aromatic heterocycles. The molecular weight excluding hydrogens is 380 g/mol. The molecular formula is C23H26N4O3. The predicted octanol–water partition coefficient (Wildman–Crippen LogP) is 2.35. The molecule has 0 radical (unpaired) electrons. The predicted molar refractivity (Wildman–Crippen MR) is 113 cm³/mol. The highest BCUT2D eigenvalue weighted by Gasteiger charge is 2.27. The van der Waals surface area contributed by atoms with Crippen molar-refractivity contribution >= 4 is 11.8 Å². The number of nitrogens with one attached hydrogen (secondary N) is 1. The smallest absolute Gasteiger partial charge is 0.253 e. The fraction of sp³-hybridized carbons (Fsp3) is 0.348. The van der Waals surface area contributed by atoms with Gasteiger partial charge in [-0.05, 0) is 35.4 Å². The lowest BCUT2D eigenvalue weighted by Gasteiger charge is -2.37. The molecule has 2 aromatic rings. The van der Waals surface area contributed by atoms with Gasteiger partial charge in [-0.3, -0.25) is 14.5 Å². The van der Waals surface area contributed by atoms with Gasteiger partial charge >= 0.3 is 0 Å². The Bertz CT molecular complexity index is 911. The van der Waals surface area contributed by atoms with E-state index in [9.17, 15) is 14.9 Å². The summed E-state index contributed by atoms with van der Waals surface area (Å²) in [5.74, 6) is 0.658. The second-order valence-corrected chi connectivity index (χ2v) is 7.24. The number of nitrogens with zero attached hydrogens (tertiary/aromatic N) is 3. The molecule has 7 heteroatoms. The van der Waals surface area contributed by atoms with Crippen LogP contribution < -0.4 is 10.1 Å². The van der Waals surface area contributed by atoms with E-state index in [-0.39, 0.29) is 17.9 Å². The number of nitriles is 1. The van der Waals surface area contributed by atoms with Crippen LogP contribution in [-0.4, -0.2) is 54.9 Å². The minimum atomic E-state index is -0.346. The highest BCUT2D eigenvalue weighted by molar-refractivity contribution is 5.94. The zero-order valence-electron chi connectivity index (χ0n) is 17.3. The third kappa shape index (κ3) is 5.16. The number of piperazine rings is 1. The van der Waals surface area contributed by atoms with Gasteiger partial charge < -0.3 is 15.0 Å². The molecule has 1 heterocycles. The number of amides is 2. The van der Waals surface area contributed by atoms with Gasteiger partial charge in [-0.15, -0.1) is 0 Å². The average molecular weight is 406 g/mol. The molecule has 0 bridgehead atoms. The number of rotatable bonds is 6. The van der Waals surface area contributed by atoms with Crippen LogP contribution in [0, 0.1) is 11.3 Å². The molecule has 156 valence electrons. The van der Waals surface area contributed by atoms with Crippen molar-refractivity contribution in [1.29, 1.82) is 5.26 Å². The van der Waals surface area contributed by atoms with E-state index in [0.717, 1.165) is 16.9 Å². The highest BCUT2D eigenvalue weighted by atomic mass is 16.5. The second kappa shape index (κ2) is 9.90. The Morgan fingerprint density at radius 2 is 1.70 bits per heavy atom. The van der Waals surface area contributed by atoms with Crippen molar-refractivity contribution in [3.63, 3.8) is 0 Å². The van der Waals surface area contributed by atoms with Crippen LogP contribution in [0.15, 0.2) is 48.5 Å². The summed E-state index contributed by atoms with van der Waals surface area (Å²) in [5.41, 5.74) is 2.50. The fourth-order valence-corrected chi connectivity index (χ4v) is 3.51. The van der Waals surface area contributed by atoms with Gasteiger partial charge in [0.25, 0.3) is 5.91 Å². The van der Waals surface area contributed by atoms with Gasteiger partial charge in [0.2, 0.25) is 5.91 Å². The van der Waals surface area contributed by atoms with E-state index in [4.69, 9.17) is 4.74 Å². The molecule has 1 unspecified atom stereocenters. The van der Waals surface area contributed by atoms with Crippen LogP contribution in [0.2, 0.25) is 0 Å². The summed E-state index contributed by atoms with van der Waals surface area (Å²) in [7, 11) is 1.61. The summed E-state index contributed by atoms with van der Waals surface area (Å²) in [4.78, 5) is 27.8. The summed E-state index contributed by atoms with van der Waals surface area (Å²) in [5, 5.41) is 12.4. The number of carbonyl (C=O) groups is 2. The van der Waals surface area contributed by atoms with Crippen LogP contribution in [0.3, 0.4) is 0 Å². The van der Waals surface area contributed by atoms with E-state index in [0.29, 0.717) is 38.3 Å². The monoisotopic (exact) mass is 406 g/mol. The molecule has 0 aliphatic carbocycles. The highest BCUT2D eigenvalue weighted by Crippen LogP contribution is 2.24. The van der Waals surface area contributed by atoms with Gasteiger partial charge in [-0.1, -0.05) is 24.3 Å². The maximum atomic E-state index is 12.8. The molecule has 0 saturated carbocycles. The van der Waals surface area contributed by atoms with Crippen LogP contribution in [0.1, 0.15) is 34.5 Å². The van der Waals surface area contributed by atoms with E-state index in [1.54, 1.807) is 19.2 Å². The van der Waals surface area contributed by atoms with E-state index < -0.39 is 0 Å². The van der Waals surface area contributed by atoms with E-state index in [1.165, 1.54) is 6.92 Å². The van der Waals surface area contributed by atoms with Gasteiger partial charge in [-0.25, -0.2) is 0 Å². The van der Waals surface area contributed by atoms with Gasteiger partial charge in [0, 0.05) is 45.2 Å². The molecule has 2 amide bonds. The number of carbonyl (C=O) groups excluding carboxylic acids is 2. The number of hydrogen-bond acceptors (Lipinski definition) is 5. The molecule has 7 nitrogen and oxygen atoms in total. The number of benzene rings is 2. The number of ether oxygens (including phenoxy) is 1. The Kier molecular flexibility index (Phi) is 7.04. The van der Waals surface area contributed by atoms with Gasteiger partial charge in [0.05, 0.1) is 13.2 Å². The Hall–Kier alpha value is -3.37. The zero-order chi connectivity index (χ0) is 21.5. The third-order valence-corrected chi connectivity index (χ3v) is 5.26. The third-order valence-electron chi connectivity index (χ3n) is 5.26. The normalized spacial score (nSPS) is 15.2. The maximum absolute atomic E-state index is 12.8. The van der Waals surface area contributed by atoms with Crippen molar-refractivity contribution in [3.8, 4) is 11.8 Å². The first-order chi connectivity index (χ1) is 14.5. The van der Waals surface area contributed by atoms with Crippen molar-refractivity contribution in [2.24, 2.45) is 0 Å². The Morgan fingerprint density at radius 1 is 1.07 bits per heavy atom. The minimum absolute atomic E-state index is 0.0151. The topological polar surface area (TPSA) is 85.7 Å². The molecule has 1 fully saturated rings. The van der Waals surface area contributed by atoms with Crippen LogP contribution in [0.4, 0.5) is 0 Å². The lowest BCUT2D eigenvalue weighted by atomic mass is 10.0. The molecule has 1 atom stereocenters. The summed E-state index contributed by atoms with van der Waals surface area (Å²) < 4.78 is 5.18. The summed E-state index contributed by atoms with van der Waals surface area (Å²) >= 11 is 0. The Labute approximate surface area is 176 Å². The quantitative estimate of drug-likeness (QED) is 0.796. The van der Waals surface area contributed by atoms with Gasteiger partial charge in [0.1, 0.15) is 11.8 Å². The van der Waals surface area contributed by atoms with Crippen molar-refractivity contribution in [2.45, 2.75) is 19.5 Å². The zero-order valence-corrected chi connectivity index (χ0v) is 17.3. The average Bonchev–Trinajstić information content (AvgIpc) is 2.79. The fourth-order valence-electron chi connectivity index (χ4n) is 3.51. The molecule has 1 aliphatic rings. The maximum Gasteiger partial charge on any atom is 0.253 e. The molecule has 2 aromatic carbocycles. The van der Waals surface area contributed by atoms with E-state index >= 15 is 0 Å². The lowest BCUT2D eigenvalue weighted by Crippen LogP contribution is -2.49. The number of hydrogen-bond donors (Lipinski definition) is 1. The first-order valence-electron chi connectivity index (χ1n) is 9.92. The largest absolute Gasteiger partial charge is 0.497 e. The van der Waals surface area contributed by atoms with Crippen LogP contribution in [0.5, 0.6) is 5.75 Å².